The molecule has 0 aliphatic carbocycles. The average molecular weight is 313 g/mol. The van der Waals surface area contributed by atoms with Gasteiger partial charge in [0.05, 0.1) is 16.6 Å². The van der Waals surface area contributed by atoms with E-state index in [1.807, 2.05) is 0 Å². The number of hydrogen-bond donors (Lipinski definition) is 1. The molecule has 108 valence electrons. The first-order valence-corrected chi connectivity index (χ1v) is 6.47. The van der Waals surface area contributed by atoms with Crippen LogP contribution in [0.5, 0.6) is 0 Å². The fourth-order valence-electron chi connectivity index (χ4n) is 1.89. The van der Waals surface area contributed by atoms with Crippen molar-refractivity contribution in [1.82, 2.24) is 5.16 Å². The molecule has 0 amide bonds. The van der Waals surface area contributed by atoms with E-state index in [1.165, 1.54) is 6.07 Å². The summed E-state index contributed by atoms with van der Waals surface area (Å²) >= 11 is 1.02. The van der Waals surface area contributed by atoms with Crippen molar-refractivity contribution in [2.75, 3.05) is 0 Å². The minimum Gasteiger partial charge on any atom is -0.477 e. The van der Waals surface area contributed by atoms with E-state index in [9.17, 15) is 18.0 Å². The Labute approximate surface area is 119 Å². The molecule has 0 bridgehead atoms. The van der Waals surface area contributed by atoms with E-state index in [4.69, 9.17) is 9.63 Å². The quantitative estimate of drug-likeness (QED) is 0.767. The molecule has 3 aromatic rings. The zero-order valence-electron chi connectivity index (χ0n) is 10.1. The first kappa shape index (κ1) is 13.6. The number of nitrogens with zero attached hydrogens (tertiary/aromatic N) is 1. The molecule has 0 fully saturated rings. The van der Waals surface area contributed by atoms with Gasteiger partial charge >= 0.3 is 12.1 Å². The van der Waals surface area contributed by atoms with Gasteiger partial charge in [-0.15, -0.1) is 11.3 Å². The van der Waals surface area contributed by atoms with Gasteiger partial charge < -0.3 is 9.63 Å². The van der Waals surface area contributed by atoms with E-state index in [2.05, 4.69) is 5.16 Å². The third-order valence-electron chi connectivity index (χ3n) is 2.87. The van der Waals surface area contributed by atoms with Gasteiger partial charge in [-0.25, -0.2) is 4.79 Å². The zero-order chi connectivity index (χ0) is 15.2. The van der Waals surface area contributed by atoms with Gasteiger partial charge in [0.15, 0.2) is 5.76 Å². The van der Waals surface area contributed by atoms with Crippen LogP contribution in [0, 0.1) is 0 Å². The first-order valence-electron chi connectivity index (χ1n) is 5.65. The lowest BCUT2D eigenvalue weighted by molar-refractivity contribution is -0.137. The Morgan fingerprint density at radius 2 is 2.05 bits per heavy atom. The van der Waals surface area contributed by atoms with Crippen LogP contribution in [0.2, 0.25) is 0 Å². The lowest BCUT2D eigenvalue weighted by Gasteiger charge is -2.05. The summed E-state index contributed by atoms with van der Waals surface area (Å²) < 4.78 is 43.3. The normalized spacial score (nSPS) is 12.0. The van der Waals surface area contributed by atoms with Crippen molar-refractivity contribution >= 4 is 27.4 Å². The summed E-state index contributed by atoms with van der Waals surface area (Å²) in [5.41, 5.74) is -0.878. The standard InChI is InChI=1S/C13H6F3NO3S/c14-13(15,16)7-2-1-6-3-10(21-9(6)4-7)11-8(12(18)19)5-17-20-11/h1-5H,(H,18,19). The van der Waals surface area contributed by atoms with E-state index in [0.717, 1.165) is 29.7 Å². The predicted molar refractivity (Wildman–Crippen MR) is 69.3 cm³/mol. The molecule has 1 aromatic carbocycles. The highest BCUT2D eigenvalue weighted by Crippen LogP contribution is 2.38. The van der Waals surface area contributed by atoms with Crippen LogP contribution in [-0.2, 0) is 6.18 Å². The van der Waals surface area contributed by atoms with Gasteiger partial charge in [-0.1, -0.05) is 11.2 Å². The third-order valence-corrected chi connectivity index (χ3v) is 3.97. The van der Waals surface area contributed by atoms with Crippen molar-refractivity contribution in [2.45, 2.75) is 6.18 Å². The van der Waals surface area contributed by atoms with Crippen LogP contribution in [0.3, 0.4) is 0 Å². The number of thiophene rings is 1. The summed E-state index contributed by atoms with van der Waals surface area (Å²) in [6.07, 6.45) is -3.36. The van der Waals surface area contributed by atoms with Gasteiger partial charge in [0.2, 0.25) is 0 Å². The Bertz CT molecular complexity index is 835. The van der Waals surface area contributed by atoms with Gasteiger partial charge in [0.1, 0.15) is 5.56 Å². The molecule has 0 saturated carbocycles. The summed E-state index contributed by atoms with van der Waals surface area (Å²) in [7, 11) is 0. The van der Waals surface area contributed by atoms with E-state index >= 15 is 0 Å². The number of carbonyl (C=O) groups is 1. The number of aromatic carboxylic acids is 1. The van der Waals surface area contributed by atoms with Crippen LogP contribution in [0.25, 0.3) is 20.7 Å². The molecule has 0 unspecified atom stereocenters. The van der Waals surface area contributed by atoms with Crippen LogP contribution < -0.4 is 0 Å². The molecule has 0 aliphatic heterocycles. The number of fused-ring (bicyclic) bond motifs is 1. The summed E-state index contributed by atoms with van der Waals surface area (Å²) in [5.74, 6) is -1.17. The SMILES string of the molecule is O=C(O)c1cnoc1-c1cc2ccc(C(F)(F)F)cc2s1. The van der Waals surface area contributed by atoms with Crippen molar-refractivity contribution in [3.05, 3.63) is 41.6 Å². The monoisotopic (exact) mass is 313 g/mol. The summed E-state index contributed by atoms with van der Waals surface area (Å²) in [6, 6.07) is 4.93. The van der Waals surface area contributed by atoms with Crippen LogP contribution in [0.1, 0.15) is 15.9 Å². The van der Waals surface area contributed by atoms with Gasteiger partial charge in [0, 0.05) is 4.70 Å². The molecule has 8 heteroatoms. The number of halogens is 3. The molecule has 3 rings (SSSR count). The van der Waals surface area contributed by atoms with Gasteiger partial charge in [-0.05, 0) is 23.6 Å². The Balaban J connectivity index is 2.13. The predicted octanol–water partition coefficient (Wildman–Crippen LogP) is 4.27. The van der Waals surface area contributed by atoms with Crippen molar-refractivity contribution < 1.29 is 27.6 Å². The summed E-state index contributed by atoms with van der Waals surface area (Å²) in [4.78, 5) is 11.4. The van der Waals surface area contributed by atoms with Crippen LogP contribution >= 0.6 is 11.3 Å². The molecule has 2 aromatic heterocycles. The molecule has 0 aliphatic rings. The fraction of sp³-hybridized carbons (Fsp3) is 0.0769. The van der Waals surface area contributed by atoms with Crippen molar-refractivity contribution in [2.24, 2.45) is 0 Å². The second-order valence-corrected chi connectivity index (χ2v) is 5.32. The highest BCUT2D eigenvalue weighted by atomic mass is 32.1. The number of rotatable bonds is 2. The van der Waals surface area contributed by atoms with Crippen molar-refractivity contribution in [3.63, 3.8) is 0 Å². The van der Waals surface area contributed by atoms with E-state index in [1.54, 1.807) is 6.07 Å². The first-order chi connectivity index (χ1) is 9.86. The smallest absolute Gasteiger partial charge is 0.416 e. The summed E-state index contributed by atoms with van der Waals surface area (Å²) in [6.45, 7) is 0. The minimum atomic E-state index is -4.42. The molecule has 1 N–H and O–H groups in total. The highest BCUT2D eigenvalue weighted by Gasteiger charge is 2.30. The van der Waals surface area contributed by atoms with Crippen LogP contribution in [0.15, 0.2) is 35.0 Å². The lowest BCUT2D eigenvalue weighted by atomic mass is 10.1. The molecule has 0 radical (unpaired) electrons. The maximum absolute atomic E-state index is 12.7. The topological polar surface area (TPSA) is 63.3 Å². The summed E-state index contributed by atoms with van der Waals surface area (Å²) in [5, 5.41) is 13.0. The molecule has 4 nitrogen and oxygen atoms in total. The number of carboxylic acid groups (broad SMARTS) is 1. The maximum Gasteiger partial charge on any atom is 0.416 e. The Morgan fingerprint density at radius 3 is 2.71 bits per heavy atom. The van der Waals surface area contributed by atoms with Gasteiger partial charge in [-0.2, -0.15) is 13.2 Å². The van der Waals surface area contributed by atoms with E-state index in [0.29, 0.717) is 15.0 Å². The molecular formula is C13H6F3NO3S. The van der Waals surface area contributed by atoms with Crippen LogP contribution in [-0.4, -0.2) is 16.2 Å². The van der Waals surface area contributed by atoms with E-state index < -0.39 is 17.7 Å². The zero-order valence-corrected chi connectivity index (χ0v) is 11.0. The molecule has 0 saturated heterocycles. The molecule has 21 heavy (non-hydrogen) atoms. The Morgan fingerprint density at radius 1 is 1.29 bits per heavy atom. The Kier molecular flexibility index (Phi) is 2.98. The number of carboxylic acids is 1. The number of hydrogen-bond acceptors (Lipinski definition) is 4. The molecular weight excluding hydrogens is 307 g/mol. The number of alkyl halides is 3. The maximum atomic E-state index is 12.7. The second-order valence-electron chi connectivity index (χ2n) is 4.23. The third kappa shape index (κ3) is 2.38. The fourth-order valence-corrected chi connectivity index (χ4v) is 2.98. The molecule has 0 spiro atoms. The average Bonchev–Trinajstić information content (AvgIpc) is 3.02. The Hall–Kier alpha value is -2.35. The minimum absolute atomic E-state index is 0.0391. The number of aromatic nitrogens is 1. The molecule has 2 heterocycles. The van der Waals surface area contributed by atoms with E-state index in [-0.39, 0.29) is 11.3 Å². The lowest BCUT2D eigenvalue weighted by Crippen LogP contribution is -2.03. The molecule has 0 atom stereocenters. The van der Waals surface area contributed by atoms with Gasteiger partial charge in [0.25, 0.3) is 0 Å². The number of benzene rings is 1. The highest BCUT2D eigenvalue weighted by molar-refractivity contribution is 7.22. The van der Waals surface area contributed by atoms with Crippen molar-refractivity contribution in [1.29, 1.82) is 0 Å². The largest absolute Gasteiger partial charge is 0.477 e. The van der Waals surface area contributed by atoms with Gasteiger partial charge in [-0.3, -0.25) is 0 Å². The van der Waals surface area contributed by atoms with Crippen LogP contribution in [0.4, 0.5) is 13.2 Å². The second kappa shape index (κ2) is 4.59. The van der Waals surface area contributed by atoms with Crippen molar-refractivity contribution in [3.8, 4) is 10.6 Å².